The zero-order chi connectivity index (χ0) is 15.4. The van der Waals surface area contributed by atoms with Crippen LogP contribution in [0.1, 0.15) is 38.3 Å². The molecule has 114 valence electrons. The van der Waals surface area contributed by atoms with Crippen molar-refractivity contribution in [2.45, 2.75) is 44.9 Å². The number of benzene rings is 1. The molecule has 0 spiro atoms. The summed E-state index contributed by atoms with van der Waals surface area (Å²) in [6.45, 7) is 4.01. The van der Waals surface area contributed by atoms with Crippen molar-refractivity contribution in [3.8, 4) is 0 Å². The fraction of sp³-hybridized carbons (Fsp3) is 0.471. The number of carbonyl (C=O) groups excluding carboxylic acids is 1. The van der Waals surface area contributed by atoms with Gasteiger partial charge in [0, 0.05) is 13.2 Å². The Kier molecular flexibility index (Phi) is 5.02. The van der Waals surface area contributed by atoms with Crippen molar-refractivity contribution in [1.29, 1.82) is 0 Å². The third kappa shape index (κ3) is 3.27. The van der Waals surface area contributed by atoms with Gasteiger partial charge in [0.1, 0.15) is 0 Å². The summed E-state index contributed by atoms with van der Waals surface area (Å²) in [5, 5.41) is 9.62. The second-order valence-electron chi connectivity index (χ2n) is 5.58. The van der Waals surface area contributed by atoms with Gasteiger partial charge in [-0.3, -0.25) is 4.90 Å². The highest BCUT2D eigenvalue weighted by Crippen LogP contribution is 2.34. The van der Waals surface area contributed by atoms with Crippen LogP contribution in [0.2, 0.25) is 0 Å². The topological polar surface area (TPSA) is 43.8 Å². The van der Waals surface area contributed by atoms with Crippen LogP contribution in [0.4, 0.5) is 4.79 Å². The molecule has 2 rings (SSSR count). The van der Waals surface area contributed by atoms with Gasteiger partial charge in [-0.25, -0.2) is 4.79 Å². The lowest BCUT2D eigenvalue weighted by Gasteiger charge is -2.23. The van der Waals surface area contributed by atoms with E-state index >= 15 is 0 Å². The first-order valence-electron chi connectivity index (χ1n) is 7.51. The molecule has 1 aliphatic heterocycles. The van der Waals surface area contributed by atoms with E-state index in [2.05, 4.69) is 19.1 Å². The summed E-state index contributed by atoms with van der Waals surface area (Å²) in [5.41, 5.74) is 1.13. The van der Waals surface area contributed by atoms with Gasteiger partial charge in [0.15, 0.2) is 0 Å². The molecule has 1 heterocycles. The Morgan fingerprint density at radius 1 is 1.33 bits per heavy atom. The van der Waals surface area contributed by atoms with Crippen molar-refractivity contribution >= 4 is 6.03 Å². The molecule has 1 aromatic rings. The van der Waals surface area contributed by atoms with Gasteiger partial charge in [-0.1, -0.05) is 43.3 Å². The van der Waals surface area contributed by atoms with Crippen molar-refractivity contribution < 1.29 is 9.90 Å². The average Bonchev–Trinajstić information content (AvgIpc) is 2.72. The van der Waals surface area contributed by atoms with Gasteiger partial charge in [-0.2, -0.15) is 0 Å². The van der Waals surface area contributed by atoms with Gasteiger partial charge in [-0.15, -0.1) is 0 Å². The van der Waals surface area contributed by atoms with E-state index in [1.807, 2.05) is 44.4 Å². The molecular weight excluding hydrogens is 264 g/mol. The van der Waals surface area contributed by atoms with Crippen LogP contribution in [0.3, 0.4) is 0 Å². The van der Waals surface area contributed by atoms with Crippen LogP contribution in [0, 0.1) is 0 Å². The molecule has 2 amide bonds. The molecule has 0 radical (unpaired) electrons. The molecule has 1 aliphatic rings. The van der Waals surface area contributed by atoms with E-state index in [9.17, 15) is 9.90 Å². The van der Waals surface area contributed by atoms with Crippen LogP contribution in [-0.2, 0) is 0 Å². The smallest absolute Gasteiger partial charge is 0.324 e. The maximum atomic E-state index is 12.4. The standard InChI is InChI=1S/C17H24N2O2/c1-4-15(20)11-8-12-19-16(13(2)18(3)17(19)21)14-9-6-5-7-10-14/h5-10,12-13,15-16,20H,4,11H2,1-3H3/b12-8-/t13-,15-,16-/m0/s1. The summed E-state index contributed by atoms with van der Waals surface area (Å²) in [6.07, 6.45) is 4.65. The van der Waals surface area contributed by atoms with Crippen LogP contribution in [0.5, 0.6) is 0 Å². The quantitative estimate of drug-likeness (QED) is 0.904. The Balaban J connectivity index is 2.21. The molecule has 4 heteroatoms. The number of hydrogen-bond donors (Lipinski definition) is 1. The number of nitrogens with zero attached hydrogens (tertiary/aromatic N) is 2. The number of likely N-dealkylation sites (N-methyl/N-ethyl adjacent to an activating group) is 1. The summed E-state index contributed by atoms with van der Waals surface area (Å²) in [6, 6.07) is 10.2. The normalized spacial score (nSPS) is 24.1. The van der Waals surface area contributed by atoms with Crippen molar-refractivity contribution in [3.63, 3.8) is 0 Å². The summed E-state index contributed by atoms with van der Waals surface area (Å²) >= 11 is 0. The molecule has 1 saturated heterocycles. The van der Waals surface area contributed by atoms with Crippen LogP contribution < -0.4 is 0 Å². The Hall–Kier alpha value is -1.81. The molecule has 0 aliphatic carbocycles. The summed E-state index contributed by atoms with van der Waals surface area (Å²) < 4.78 is 0. The maximum Gasteiger partial charge on any atom is 0.324 e. The molecule has 0 unspecified atom stereocenters. The predicted octanol–water partition coefficient (Wildman–Crippen LogP) is 3.16. The second kappa shape index (κ2) is 6.76. The van der Waals surface area contributed by atoms with Crippen molar-refractivity contribution in [1.82, 2.24) is 9.80 Å². The summed E-state index contributed by atoms with van der Waals surface area (Å²) in [7, 11) is 1.83. The van der Waals surface area contributed by atoms with Crippen LogP contribution in [0.25, 0.3) is 0 Å². The highest BCUT2D eigenvalue weighted by atomic mass is 16.3. The molecular formula is C17H24N2O2. The molecule has 21 heavy (non-hydrogen) atoms. The Morgan fingerprint density at radius 2 is 2.00 bits per heavy atom. The number of rotatable bonds is 5. The first kappa shape index (κ1) is 15.6. The van der Waals surface area contributed by atoms with Crippen molar-refractivity contribution in [3.05, 3.63) is 48.2 Å². The number of carbonyl (C=O) groups is 1. The van der Waals surface area contributed by atoms with Crippen LogP contribution >= 0.6 is 0 Å². The molecule has 4 nitrogen and oxygen atoms in total. The highest BCUT2D eigenvalue weighted by molar-refractivity contribution is 5.79. The lowest BCUT2D eigenvalue weighted by atomic mass is 10.0. The molecule has 0 aromatic heterocycles. The lowest BCUT2D eigenvalue weighted by molar-refractivity contribution is 0.173. The zero-order valence-corrected chi connectivity index (χ0v) is 12.9. The Labute approximate surface area is 126 Å². The molecule has 1 aromatic carbocycles. The predicted molar refractivity (Wildman–Crippen MR) is 83.7 cm³/mol. The second-order valence-corrected chi connectivity index (χ2v) is 5.58. The first-order chi connectivity index (χ1) is 10.1. The molecule has 3 atom stereocenters. The van der Waals surface area contributed by atoms with Crippen LogP contribution in [-0.4, -0.2) is 40.1 Å². The summed E-state index contributed by atoms with van der Waals surface area (Å²) in [5.74, 6) is 0. The fourth-order valence-corrected chi connectivity index (χ4v) is 2.66. The molecule has 1 fully saturated rings. The minimum absolute atomic E-state index is 0.00130. The average molecular weight is 288 g/mol. The van der Waals surface area contributed by atoms with Crippen LogP contribution in [0.15, 0.2) is 42.6 Å². The van der Waals surface area contributed by atoms with Gasteiger partial charge in [0.2, 0.25) is 0 Å². The van der Waals surface area contributed by atoms with E-state index in [1.165, 1.54) is 0 Å². The first-order valence-corrected chi connectivity index (χ1v) is 7.51. The Bertz CT molecular complexity index is 501. The van der Waals surface area contributed by atoms with Crippen molar-refractivity contribution in [2.24, 2.45) is 0 Å². The third-order valence-electron chi connectivity index (χ3n) is 4.18. The van der Waals surface area contributed by atoms with E-state index in [4.69, 9.17) is 0 Å². The number of urea groups is 1. The minimum atomic E-state index is -0.343. The lowest BCUT2D eigenvalue weighted by Crippen LogP contribution is -2.28. The fourth-order valence-electron chi connectivity index (χ4n) is 2.66. The monoisotopic (exact) mass is 288 g/mol. The van der Waals surface area contributed by atoms with E-state index < -0.39 is 0 Å². The van der Waals surface area contributed by atoms with Gasteiger partial charge in [-0.05, 0) is 25.3 Å². The largest absolute Gasteiger partial charge is 0.393 e. The van der Waals surface area contributed by atoms with Crippen molar-refractivity contribution in [2.75, 3.05) is 7.05 Å². The SMILES string of the molecule is CC[C@H](O)C/C=C\N1C(=O)N(C)[C@@H](C)[C@H]1c1ccccc1. The number of hydrogen-bond acceptors (Lipinski definition) is 2. The molecule has 1 N–H and O–H groups in total. The van der Waals surface area contributed by atoms with Gasteiger partial charge in [0.25, 0.3) is 0 Å². The van der Waals surface area contributed by atoms with Gasteiger partial charge in [0.05, 0.1) is 18.2 Å². The summed E-state index contributed by atoms with van der Waals surface area (Å²) in [4.78, 5) is 15.9. The molecule has 0 saturated carbocycles. The van der Waals surface area contributed by atoms with E-state index in [1.54, 1.807) is 9.80 Å². The Morgan fingerprint density at radius 3 is 2.62 bits per heavy atom. The number of amides is 2. The number of aliphatic hydroxyl groups is 1. The van der Waals surface area contributed by atoms with Gasteiger partial charge >= 0.3 is 6.03 Å². The highest BCUT2D eigenvalue weighted by Gasteiger charge is 2.40. The maximum absolute atomic E-state index is 12.4. The van der Waals surface area contributed by atoms with Gasteiger partial charge < -0.3 is 10.0 Å². The third-order valence-corrected chi connectivity index (χ3v) is 4.18. The van der Waals surface area contributed by atoms with E-state index in [0.29, 0.717) is 6.42 Å². The molecule has 0 bridgehead atoms. The van der Waals surface area contributed by atoms with E-state index in [0.717, 1.165) is 12.0 Å². The minimum Gasteiger partial charge on any atom is -0.393 e. The number of aliphatic hydroxyl groups excluding tert-OH is 1. The zero-order valence-electron chi connectivity index (χ0n) is 12.9. The van der Waals surface area contributed by atoms with E-state index in [-0.39, 0.29) is 24.2 Å².